The van der Waals surface area contributed by atoms with E-state index in [4.69, 9.17) is 0 Å². The Morgan fingerprint density at radius 1 is 1.20 bits per heavy atom. The second-order valence-corrected chi connectivity index (χ2v) is 9.65. The number of rotatable bonds is 4. The maximum atomic E-state index is 12.1. The Morgan fingerprint density at radius 2 is 1.76 bits per heavy atom. The number of benzene rings is 1. The molecule has 1 aromatic carbocycles. The van der Waals surface area contributed by atoms with Gasteiger partial charge in [-0.25, -0.2) is 17.5 Å². The third-order valence-corrected chi connectivity index (χ3v) is 6.27. The fourth-order valence-electron chi connectivity index (χ4n) is 3.22. The normalized spacial score (nSPS) is 18.6. The van der Waals surface area contributed by atoms with Crippen molar-refractivity contribution < 1.29 is 18.3 Å². The second kappa shape index (κ2) is 6.84. The largest absolute Gasteiger partial charge is 0.465 e. The lowest BCUT2D eigenvalue weighted by Crippen LogP contribution is -2.52. The summed E-state index contributed by atoms with van der Waals surface area (Å²) in [6.45, 7) is 7.02. The monoisotopic (exact) mass is 369 g/mol. The molecule has 1 heterocycles. The minimum Gasteiger partial charge on any atom is -0.465 e. The van der Waals surface area contributed by atoms with Crippen molar-refractivity contribution in [3.63, 3.8) is 0 Å². The van der Waals surface area contributed by atoms with Gasteiger partial charge in [0, 0.05) is 38.4 Å². The van der Waals surface area contributed by atoms with Crippen LogP contribution >= 0.6 is 0 Å². The van der Waals surface area contributed by atoms with Crippen LogP contribution in [0.15, 0.2) is 29.2 Å². The molecule has 0 unspecified atom stereocenters. The molecule has 0 radical (unpaired) electrons. The summed E-state index contributed by atoms with van der Waals surface area (Å²) in [5, 5.41) is 9.54. The molecule has 0 aromatic heterocycles. The SMILES string of the molecule is CN(C)S(=O)(=O)c1ccc(N2CC[C@H](N(C(=O)O)C(C)(C)C)C2)cc1. The van der Waals surface area contributed by atoms with Crippen LogP contribution in [0.25, 0.3) is 0 Å². The first kappa shape index (κ1) is 19.5. The highest BCUT2D eigenvalue weighted by Gasteiger charge is 2.37. The van der Waals surface area contributed by atoms with Crippen LogP contribution in [0.2, 0.25) is 0 Å². The Morgan fingerprint density at radius 3 is 2.20 bits per heavy atom. The maximum Gasteiger partial charge on any atom is 0.408 e. The molecule has 25 heavy (non-hydrogen) atoms. The van der Waals surface area contributed by atoms with Crippen LogP contribution in [-0.2, 0) is 10.0 Å². The zero-order valence-corrected chi connectivity index (χ0v) is 16.2. The fraction of sp³-hybridized carbons (Fsp3) is 0.588. The van der Waals surface area contributed by atoms with Crippen LogP contribution in [-0.4, -0.2) is 67.6 Å². The van der Waals surface area contributed by atoms with E-state index in [9.17, 15) is 18.3 Å². The van der Waals surface area contributed by atoms with Crippen LogP contribution in [0.3, 0.4) is 0 Å². The van der Waals surface area contributed by atoms with Crippen molar-refractivity contribution in [2.45, 2.75) is 43.7 Å². The summed E-state index contributed by atoms with van der Waals surface area (Å²) in [5.41, 5.74) is 0.440. The Bertz CT molecular complexity index is 723. The number of nitrogens with zero attached hydrogens (tertiary/aromatic N) is 3. The first-order valence-electron chi connectivity index (χ1n) is 8.24. The molecule has 1 amide bonds. The molecule has 2 rings (SSSR count). The van der Waals surface area contributed by atoms with Gasteiger partial charge in [0.2, 0.25) is 10.0 Å². The quantitative estimate of drug-likeness (QED) is 0.881. The van der Waals surface area contributed by atoms with Gasteiger partial charge in [-0.1, -0.05) is 0 Å². The van der Waals surface area contributed by atoms with Crippen molar-refractivity contribution >= 4 is 21.8 Å². The molecule has 1 fully saturated rings. The molecule has 0 spiro atoms. The van der Waals surface area contributed by atoms with Gasteiger partial charge in [-0.15, -0.1) is 0 Å². The topological polar surface area (TPSA) is 81.2 Å². The van der Waals surface area contributed by atoms with E-state index < -0.39 is 21.7 Å². The molecule has 0 aliphatic carbocycles. The number of carbonyl (C=O) groups is 1. The molecule has 8 heteroatoms. The van der Waals surface area contributed by atoms with Gasteiger partial charge in [0.25, 0.3) is 0 Å². The average molecular weight is 369 g/mol. The summed E-state index contributed by atoms with van der Waals surface area (Å²) >= 11 is 0. The summed E-state index contributed by atoms with van der Waals surface area (Å²) in [7, 11) is -0.441. The average Bonchev–Trinajstić information content (AvgIpc) is 2.94. The number of carboxylic acid groups (broad SMARTS) is 1. The third kappa shape index (κ3) is 4.07. The number of hydrogen-bond donors (Lipinski definition) is 1. The smallest absolute Gasteiger partial charge is 0.408 e. The Labute approximate surface area is 149 Å². The molecule has 1 aromatic rings. The van der Waals surface area contributed by atoms with Crippen LogP contribution in [0.5, 0.6) is 0 Å². The lowest BCUT2D eigenvalue weighted by molar-refractivity contribution is 0.0763. The molecule has 1 aliphatic heterocycles. The van der Waals surface area contributed by atoms with Crippen LogP contribution in [0.1, 0.15) is 27.2 Å². The minimum absolute atomic E-state index is 0.0808. The Hall–Kier alpha value is -1.80. The molecule has 1 aliphatic rings. The standard InChI is InChI=1S/C17H27N3O4S/c1-17(2,3)20(16(21)22)14-10-11-19(12-14)13-6-8-15(9-7-13)25(23,24)18(4)5/h6-9,14H,10-12H2,1-5H3,(H,21,22)/t14-/m0/s1. The summed E-state index contributed by atoms with van der Waals surface area (Å²) in [6.07, 6.45) is -0.159. The summed E-state index contributed by atoms with van der Waals surface area (Å²) in [6, 6.07) is 6.66. The van der Waals surface area contributed by atoms with Crippen LogP contribution in [0.4, 0.5) is 10.5 Å². The first-order valence-corrected chi connectivity index (χ1v) is 9.68. The van der Waals surface area contributed by atoms with Gasteiger partial charge in [0.05, 0.1) is 10.9 Å². The van der Waals surface area contributed by atoms with Crippen molar-refractivity contribution in [3.8, 4) is 0 Å². The highest BCUT2D eigenvalue weighted by molar-refractivity contribution is 7.89. The number of sulfonamides is 1. The van der Waals surface area contributed by atoms with Gasteiger partial charge < -0.3 is 10.0 Å². The Kier molecular flexibility index (Phi) is 5.34. The molecular formula is C17H27N3O4S. The lowest BCUT2D eigenvalue weighted by atomic mass is 10.0. The first-order chi connectivity index (χ1) is 11.4. The number of hydrogen-bond acceptors (Lipinski definition) is 4. The van der Waals surface area contributed by atoms with E-state index in [1.165, 1.54) is 23.3 Å². The van der Waals surface area contributed by atoms with E-state index in [1.807, 2.05) is 20.8 Å². The predicted octanol–water partition coefficient (Wildman–Crippen LogP) is 2.29. The lowest BCUT2D eigenvalue weighted by Gasteiger charge is -2.38. The van der Waals surface area contributed by atoms with Gasteiger partial charge in [-0.2, -0.15) is 0 Å². The van der Waals surface area contributed by atoms with Crippen molar-refractivity contribution in [2.75, 3.05) is 32.1 Å². The minimum atomic E-state index is -3.44. The highest BCUT2D eigenvalue weighted by Crippen LogP contribution is 2.28. The van der Waals surface area contributed by atoms with Crippen molar-refractivity contribution in [1.82, 2.24) is 9.21 Å². The van der Waals surface area contributed by atoms with E-state index in [0.29, 0.717) is 6.54 Å². The van der Waals surface area contributed by atoms with E-state index in [0.717, 1.165) is 18.7 Å². The third-order valence-electron chi connectivity index (χ3n) is 4.44. The van der Waals surface area contributed by atoms with Gasteiger partial charge in [0.1, 0.15) is 0 Å². The van der Waals surface area contributed by atoms with Crippen molar-refractivity contribution in [3.05, 3.63) is 24.3 Å². The molecular weight excluding hydrogens is 342 g/mol. The summed E-state index contributed by atoms with van der Waals surface area (Å²) in [5.74, 6) is 0. The van der Waals surface area contributed by atoms with Crippen LogP contribution < -0.4 is 4.90 Å². The molecule has 140 valence electrons. The van der Waals surface area contributed by atoms with Crippen molar-refractivity contribution in [2.24, 2.45) is 0 Å². The number of anilines is 1. The van der Waals surface area contributed by atoms with E-state index in [2.05, 4.69) is 4.90 Å². The maximum absolute atomic E-state index is 12.1. The predicted molar refractivity (Wildman–Crippen MR) is 97.5 cm³/mol. The van der Waals surface area contributed by atoms with Crippen molar-refractivity contribution in [1.29, 1.82) is 0 Å². The van der Waals surface area contributed by atoms with Gasteiger partial charge in [-0.3, -0.25) is 4.90 Å². The summed E-state index contributed by atoms with van der Waals surface area (Å²) in [4.78, 5) is 15.5. The second-order valence-electron chi connectivity index (χ2n) is 7.49. The van der Waals surface area contributed by atoms with Gasteiger partial charge >= 0.3 is 6.09 Å². The molecule has 1 atom stereocenters. The van der Waals surface area contributed by atoms with Crippen LogP contribution in [0, 0.1) is 0 Å². The Balaban J connectivity index is 2.16. The summed E-state index contributed by atoms with van der Waals surface area (Å²) < 4.78 is 25.4. The molecule has 1 saturated heterocycles. The molecule has 0 bridgehead atoms. The highest BCUT2D eigenvalue weighted by atomic mass is 32.2. The van der Waals surface area contributed by atoms with E-state index in [-0.39, 0.29) is 10.9 Å². The fourth-order valence-corrected chi connectivity index (χ4v) is 4.12. The van der Waals surface area contributed by atoms with E-state index >= 15 is 0 Å². The molecule has 7 nitrogen and oxygen atoms in total. The number of amides is 1. The zero-order chi connectivity index (χ0) is 19.0. The zero-order valence-electron chi connectivity index (χ0n) is 15.4. The van der Waals surface area contributed by atoms with Gasteiger partial charge in [0.15, 0.2) is 0 Å². The molecule has 0 saturated carbocycles. The molecule has 1 N–H and O–H groups in total. The van der Waals surface area contributed by atoms with E-state index in [1.54, 1.807) is 24.3 Å². The van der Waals surface area contributed by atoms with Gasteiger partial charge in [-0.05, 0) is 51.5 Å².